The molecule has 84 valence electrons. The van der Waals surface area contributed by atoms with Gasteiger partial charge < -0.3 is 4.90 Å². The fourth-order valence-corrected chi connectivity index (χ4v) is 1.96. The number of amides is 2. The number of rotatable bonds is 1. The van der Waals surface area contributed by atoms with Crippen LogP contribution in [0.2, 0.25) is 10.0 Å². The summed E-state index contributed by atoms with van der Waals surface area (Å²) in [6, 6.07) is 5.10. The summed E-state index contributed by atoms with van der Waals surface area (Å²) < 4.78 is 0. The smallest absolute Gasteiger partial charge is 0.246 e. The molecule has 4 nitrogen and oxygen atoms in total. The van der Waals surface area contributed by atoms with E-state index >= 15 is 0 Å². The number of carbonyl (C=O) groups is 2. The summed E-state index contributed by atoms with van der Waals surface area (Å²) in [7, 11) is 0. The van der Waals surface area contributed by atoms with Crippen molar-refractivity contribution in [3.05, 3.63) is 28.2 Å². The average molecular weight is 259 g/mol. The molecule has 0 aromatic heterocycles. The molecule has 6 heteroatoms. The van der Waals surface area contributed by atoms with Crippen molar-refractivity contribution in [2.24, 2.45) is 0 Å². The average Bonchev–Trinajstić information content (AvgIpc) is 2.20. The van der Waals surface area contributed by atoms with Crippen molar-refractivity contribution < 1.29 is 9.59 Å². The van der Waals surface area contributed by atoms with E-state index in [0.29, 0.717) is 15.7 Å². The van der Waals surface area contributed by atoms with Crippen LogP contribution in [0.3, 0.4) is 0 Å². The van der Waals surface area contributed by atoms with Crippen LogP contribution in [0, 0.1) is 0 Å². The number of nitrogens with one attached hydrogen (secondary N) is 1. The fraction of sp³-hybridized carbons (Fsp3) is 0.200. The molecule has 1 N–H and O–H groups in total. The Morgan fingerprint density at radius 1 is 1.12 bits per heavy atom. The number of piperazine rings is 1. The Balaban J connectivity index is 2.33. The summed E-state index contributed by atoms with van der Waals surface area (Å²) in [5.74, 6) is -0.681. The van der Waals surface area contributed by atoms with Gasteiger partial charge in [0.2, 0.25) is 11.8 Å². The van der Waals surface area contributed by atoms with Crippen LogP contribution in [0.15, 0.2) is 18.2 Å². The van der Waals surface area contributed by atoms with E-state index in [2.05, 4.69) is 5.32 Å². The van der Waals surface area contributed by atoms with Crippen molar-refractivity contribution in [3.63, 3.8) is 0 Å². The Morgan fingerprint density at radius 3 is 2.38 bits per heavy atom. The molecule has 0 radical (unpaired) electrons. The summed E-state index contributed by atoms with van der Waals surface area (Å²) in [6.07, 6.45) is 0. The van der Waals surface area contributed by atoms with E-state index in [1.807, 2.05) is 0 Å². The van der Waals surface area contributed by atoms with E-state index in [1.54, 1.807) is 23.1 Å². The van der Waals surface area contributed by atoms with Gasteiger partial charge in [-0.1, -0.05) is 29.3 Å². The van der Waals surface area contributed by atoms with Crippen LogP contribution in [0.5, 0.6) is 0 Å². The summed E-state index contributed by atoms with van der Waals surface area (Å²) in [6.45, 7) is 0.206. The first-order valence-electron chi connectivity index (χ1n) is 4.59. The number of carbonyl (C=O) groups excluding carboxylic acids is 2. The largest absolute Gasteiger partial charge is 0.352 e. The van der Waals surface area contributed by atoms with E-state index < -0.39 is 0 Å². The summed E-state index contributed by atoms with van der Waals surface area (Å²) in [5.41, 5.74) is 0.595. The number of hydrogen-bond acceptors (Lipinski definition) is 3. The predicted molar refractivity (Wildman–Crippen MR) is 61.8 cm³/mol. The second-order valence-corrected chi connectivity index (χ2v) is 4.19. The van der Waals surface area contributed by atoms with E-state index in [0.717, 1.165) is 0 Å². The summed E-state index contributed by atoms with van der Waals surface area (Å²) in [5, 5.41) is 2.97. The quantitative estimate of drug-likeness (QED) is 0.776. The monoisotopic (exact) mass is 258 g/mol. The minimum atomic E-state index is -0.340. The van der Waals surface area contributed by atoms with Gasteiger partial charge >= 0.3 is 0 Å². The van der Waals surface area contributed by atoms with Crippen molar-refractivity contribution in [2.75, 3.05) is 18.0 Å². The van der Waals surface area contributed by atoms with E-state index in [-0.39, 0.29) is 24.9 Å². The van der Waals surface area contributed by atoms with Crippen LogP contribution in [0.1, 0.15) is 0 Å². The third kappa shape index (κ3) is 2.13. The van der Waals surface area contributed by atoms with Crippen LogP contribution >= 0.6 is 23.2 Å². The van der Waals surface area contributed by atoms with Crippen molar-refractivity contribution in [3.8, 4) is 0 Å². The number of nitrogens with zero attached hydrogens (tertiary/aromatic N) is 1. The van der Waals surface area contributed by atoms with Gasteiger partial charge in [0.15, 0.2) is 0 Å². The van der Waals surface area contributed by atoms with Gasteiger partial charge in [0, 0.05) is 0 Å². The Kier molecular flexibility index (Phi) is 3.03. The van der Waals surface area contributed by atoms with Gasteiger partial charge in [0.05, 0.1) is 28.8 Å². The molecule has 16 heavy (non-hydrogen) atoms. The van der Waals surface area contributed by atoms with E-state index in [4.69, 9.17) is 23.2 Å². The van der Waals surface area contributed by atoms with Crippen molar-refractivity contribution >= 4 is 40.7 Å². The highest BCUT2D eigenvalue weighted by Crippen LogP contribution is 2.32. The lowest BCUT2D eigenvalue weighted by atomic mass is 10.2. The van der Waals surface area contributed by atoms with Gasteiger partial charge in [-0.05, 0) is 12.1 Å². The number of anilines is 1. The molecule has 0 saturated carbocycles. The standard InChI is InChI=1S/C10H8Cl2N2O2/c11-6-2-1-3-7(10(6)12)14-4-8(15)13-9(16)5-14/h1-3H,4-5H2,(H,13,15,16). The molecule has 1 heterocycles. The highest BCUT2D eigenvalue weighted by Gasteiger charge is 2.24. The van der Waals surface area contributed by atoms with E-state index in [1.165, 1.54) is 0 Å². The zero-order chi connectivity index (χ0) is 11.7. The fourth-order valence-electron chi connectivity index (χ4n) is 1.54. The molecule has 1 fully saturated rings. The Bertz CT molecular complexity index is 446. The number of halogens is 2. The third-order valence-corrected chi connectivity index (χ3v) is 3.03. The molecule has 1 aromatic carbocycles. The van der Waals surface area contributed by atoms with Gasteiger partial charge in [0.1, 0.15) is 0 Å². The maximum atomic E-state index is 11.2. The van der Waals surface area contributed by atoms with E-state index in [9.17, 15) is 9.59 Å². The topological polar surface area (TPSA) is 49.4 Å². The highest BCUT2D eigenvalue weighted by atomic mass is 35.5. The minimum Gasteiger partial charge on any atom is -0.352 e. The number of imide groups is 1. The van der Waals surface area contributed by atoms with Crippen LogP contribution in [-0.2, 0) is 9.59 Å². The lowest BCUT2D eigenvalue weighted by Gasteiger charge is -2.28. The molecule has 0 atom stereocenters. The maximum absolute atomic E-state index is 11.2. The summed E-state index contributed by atoms with van der Waals surface area (Å²) >= 11 is 11.9. The lowest BCUT2D eigenvalue weighted by molar-refractivity contribution is -0.130. The molecular weight excluding hydrogens is 251 g/mol. The molecular formula is C10H8Cl2N2O2. The third-order valence-electron chi connectivity index (χ3n) is 2.22. The minimum absolute atomic E-state index is 0.103. The van der Waals surface area contributed by atoms with Crippen LogP contribution in [0.25, 0.3) is 0 Å². The zero-order valence-corrected chi connectivity index (χ0v) is 9.68. The first kappa shape index (κ1) is 11.2. The summed E-state index contributed by atoms with van der Waals surface area (Å²) in [4.78, 5) is 24.0. The molecule has 0 spiro atoms. The van der Waals surface area contributed by atoms with Gasteiger partial charge in [-0.25, -0.2) is 0 Å². The van der Waals surface area contributed by atoms with Crippen molar-refractivity contribution in [1.29, 1.82) is 0 Å². The molecule has 1 aromatic rings. The second kappa shape index (κ2) is 4.31. The SMILES string of the molecule is O=C1CN(c2cccc(Cl)c2Cl)CC(=O)N1. The van der Waals surface area contributed by atoms with Crippen molar-refractivity contribution in [1.82, 2.24) is 5.32 Å². The molecule has 1 aliphatic rings. The number of benzene rings is 1. The van der Waals surface area contributed by atoms with Gasteiger partial charge in [-0.15, -0.1) is 0 Å². The van der Waals surface area contributed by atoms with Crippen LogP contribution in [0.4, 0.5) is 5.69 Å². The van der Waals surface area contributed by atoms with Crippen LogP contribution < -0.4 is 10.2 Å². The molecule has 0 bridgehead atoms. The van der Waals surface area contributed by atoms with Gasteiger partial charge in [-0.3, -0.25) is 14.9 Å². The molecule has 0 unspecified atom stereocenters. The van der Waals surface area contributed by atoms with Gasteiger partial charge in [0.25, 0.3) is 0 Å². The molecule has 2 rings (SSSR count). The van der Waals surface area contributed by atoms with Crippen LogP contribution in [-0.4, -0.2) is 24.9 Å². The van der Waals surface area contributed by atoms with Gasteiger partial charge in [-0.2, -0.15) is 0 Å². The molecule has 1 aliphatic heterocycles. The molecule has 2 amide bonds. The maximum Gasteiger partial charge on any atom is 0.246 e. The molecule has 0 aliphatic carbocycles. The first-order valence-corrected chi connectivity index (χ1v) is 5.35. The predicted octanol–water partition coefficient (Wildman–Crippen LogP) is 1.46. The second-order valence-electron chi connectivity index (χ2n) is 3.40. The normalized spacial score (nSPS) is 16.2. The lowest BCUT2D eigenvalue weighted by Crippen LogP contribution is -2.51. The first-order chi connectivity index (χ1) is 7.58. The highest BCUT2D eigenvalue weighted by molar-refractivity contribution is 6.43. The zero-order valence-electron chi connectivity index (χ0n) is 8.17. The number of hydrogen-bond donors (Lipinski definition) is 1. The Labute approximate surface area is 102 Å². The Morgan fingerprint density at radius 2 is 1.75 bits per heavy atom. The van der Waals surface area contributed by atoms with Crippen molar-refractivity contribution in [2.45, 2.75) is 0 Å². The molecule has 1 saturated heterocycles. The Hall–Kier alpha value is -1.26.